The molecule has 3 aromatic rings. The lowest BCUT2D eigenvalue weighted by Crippen LogP contribution is -3.00. The first-order chi connectivity index (χ1) is 10.3. The Balaban J connectivity index is 0.00000144. The molecule has 0 bridgehead atoms. The van der Waals surface area contributed by atoms with Crippen molar-refractivity contribution in [1.82, 2.24) is 14.5 Å². The van der Waals surface area contributed by atoms with Crippen LogP contribution >= 0.6 is 11.3 Å². The number of para-hydroxylation sites is 1. The average Bonchev–Trinajstić information content (AvgIpc) is 3.02. The Morgan fingerprint density at radius 1 is 1.09 bits per heavy atom. The normalized spacial score (nSPS) is 16.2. The number of piperidine rings is 1. The number of hydrogen-bond acceptors (Lipinski definition) is 3. The zero-order valence-corrected chi connectivity index (χ0v) is 14.5. The molecule has 0 unspecified atom stereocenters. The maximum atomic E-state index is 4.74. The summed E-state index contributed by atoms with van der Waals surface area (Å²) in [6.45, 7) is 6.87. The quantitative estimate of drug-likeness (QED) is 0.714. The highest BCUT2D eigenvalue weighted by Crippen LogP contribution is 2.32. The fourth-order valence-electron chi connectivity index (χ4n) is 3.44. The molecule has 118 valence electrons. The lowest BCUT2D eigenvalue weighted by Gasteiger charge is -2.26. The van der Waals surface area contributed by atoms with Gasteiger partial charge in [0.05, 0.1) is 10.5 Å². The number of rotatable bonds is 3. The number of benzene rings is 1. The van der Waals surface area contributed by atoms with Crippen molar-refractivity contribution >= 4 is 32.6 Å². The third kappa shape index (κ3) is 2.75. The summed E-state index contributed by atoms with van der Waals surface area (Å²) in [6.07, 6.45) is 4.13. The van der Waals surface area contributed by atoms with E-state index in [1.807, 2.05) is 11.3 Å². The molecule has 5 heteroatoms. The molecular formula is C17H21ClN3S-. The van der Waals surface area contributed by atoms with Crippen molar-refractivity contribution in [2.24, 2.45) is 0 Å². The molecule has 0 saturated carbocycles. The van der Waals surface area contributed by atoms with E-state index in [2.05, 4.69) is 40.7 Å². The monoisotopic (exact) mass is 334 g/mol. The minimum Gasteiger partial charge on any atom is -1.00 e. The lowest BCUT2D eigenvalue weighted by atomic mass is 10.1. The van der Waals surface area contributed by atoms with Crippen LogP contribution in [0.5, 0.6) is 0 Å². The molecule has 1 aromatic carbocycles. The number of likely N-dealkylation sites (tertiary alicyclic amines) is 1. The van der Waals surface area contributed by atoms with Crippen molar-refractivity contribution in [1.29, 1.82) is 0 Å². The summed E-state index contributed by atoms with van der Waals surface area (Å²) in [7, 11) is 0. The third-order valence-corrected chi connectivity index (χ3v) is 5.49. The van der Waals surface area contributed by atoms with Gasteiger partial charge in [-0.2, -0.15) is 0 Å². The van der Waals surface area contributed by atoms with E-state index in [0.29, 0.717) is 0 Å². The first kappa shape index (κ1) is 15.8. The number of thiazole rings is 1. The number of aryl methyl sites for hydroxylation is 1. The molecule has 1 aliphatic rings. The van der Waals surface area contributed by atoms with Crippen LogP contribution in [0.4, 0.5) is 0 Å². The smallest absolute Gasteiger partial charge is 0.124 e. The van der Waals surface area contributed by atoms with Gasteiger partial charge in [0.25, 0.3) is 0 Å². The van der Waals surface area contributed by atoms with E-state index in [1.54, 1.807) is 0 Å². The highest BCUT2D eigenvalue weighted by atomic mass is 35.5. The van der Waals surface area contributed by atoms with Gasteiger partial charge < -0.3 is 21.9 Å². The van der Waals surface area contributed by atoms with Gasteiger partial charge in [0.2, 0.25) is 0 Å². The molecule has 3 heterocycles. The molecule has 22 heavy (non-hydrogen) atoms. The van der Waals surface area contributed by atoms with Crippen molar-refractivity contribution in [3.05, 3.63) is 29.3 Å². The van der Waals surface area contributed by atoms with Crippen LogP contribution < -0.4 is 12.4 Å². The van der Waals surface area contributed by atoms with Gasteiger partial charge in [0, 0.05) is 18.5 Å². The van der Waals surface area contributed by atoms with E-state index in [0.717, 1.165) is 18.1 Å². The largest absolute Gasteiger partial charge is 1.00 e. The maximum Gasteiger partial charge on any atom is 0.124 e. The highest BCUT2D eigenvalue weighted by molar-refractivity contribution is 7.18. The van der Waals surface area contributed by atoms with E-state index in [-0.39, 0.29) is 12.4 Å². The van der Waals surface area contributed by atoms with Crippen LogP contribution in [0.25, 0.3) is 21.3 Å². The van der Waals surface area contributed by atoms with Crippen molar-refractivity contribution in [2.75, 3.05) is 19.6 Å². The van der Waals surface area contributed by atoms with E-state index in [4.69, 9.17) is 4.98 Å². The second kappa shape index (κ2) is 6.57. The molecule has 0 atom stereocenters. The summed E-state index contributed by atoms with van der Waals surface area (Å²) >= 11 is 1.82. The summed E-state index contributed by atoms with van der Waals surface area (Å²) in [5.74, 6) is 0. The minimum atomic E-state index is 0. The SMILES string of the molecule is Cc1nc2c3ccccc3n(CCN3CCCCC3)c2s1.[Cl-]. The average molecular weight is 335 g/mol. The fraction of sp³-hybridized carbons (Fsp3) is 0.471. The van der Waals surface area contributed by atoms with Gasteiger partial charge in [0.15, 0.2) is 0 Å². The molecule has 0 amide bonds. The van der Waals surface area contributed by atoms with Gasteiger partial charge >= 0.3 is 0 Å². The summed E-state index contributed by atoms with van der Waals surface area (Å²) < 4.78 is 2.48. The predicted octanol–water partition coefficient (Wildman–Crippen LogP) is 1.05. The van der Waals surface area contributed by atoms with Crippen LogP contribution in [-0.4, -0.2) is 34.1 Å². The predicted molar refractivity (Wildman–Crippen MR) is 90.1 cm³/mol. The number of halogens is 1. The van der Waals surface area contributed by atoms with Crippen molar-refractivity contribution < 1.29 is 12.4 Å². The van der Waals surface area contributed by atoms with Gasteiger partial charge in [-0.3, -0.25) is 0 Å². The summed E-state index contributed by atoms with van der Waals surface area (Å²) in [4.78, 5) is 8.69. The number of aromatic nitrogens is 2. The van der Waals surface area contributed by atoms with Gasteiger partial charge in [-0.05, 0) is 38.9 Å². The van der Waals surface area contributed by atoms with Crippen LogP contribution in [0.15, 0.2) is 24.3 Å². The second-order valence-electron chi connectivity index (χ2n) is 5.96. The Labute approximate surface area is 141 Å². The zero-order valence-electron chi connectivity index (χ0n) is 12.9. The van der Waals surface area contributed by atoms with Gasteiger partial charge in [0.1, 0.15) is 10.3 Å². The standard InChI is InChI=1S/C17H21N3S.ClH/c1-13-18-16-14-7-3-4-8-15(14)20(17(16)21-13)12-11-19-9-5-2-6-10-19;/h3-4,7-8H,2,5-6,9-12H2,1H3;1H/p-1. The Morgan fingerprint density at radius 3 is 2.68 bits per heavy atom. The zero-order chi connectivity index (χ0) is 14.2. The summed E-state index contributed by atoms with van der Waals surface area (Å²) in [6, 6.07) is 8.69. The topological polar surface area (TPSA) is 21.1 Å². The molecule has 0 aliphatic carbocycles. The van der Waals surface area contributed by atoms with Crippen LogP contribution in [0.3, 0.4) is 0 Å². The van der Waals surface area contributed by atoms with Crippen LogP contribution in [0.2, 0.25) is 0 Å². The molecule has 0 radical (unpaired) electrons. The van der Waals surface area contributed by atoms with E-state index in [1.165, 1.54) is 53.6 Å². The molecule has 0 N–H and O–H groups in total. The van der Waals surface area contributed by atoms with Crippen LogP contribution in [0.1, 0.15) is 24.3 Å². The van der Waals surface area contributed by atoms with Gasteiger partial charge in [-0.15, -0.1) is 11.3 Å². The number of nitrogens with zero attached hydrogens (tertiary/aromatic N) is 3. The molecular weight excluding hydrogens is 314 g/mol. The number of hydrogen-bond donors (Lipinski definition) is 0. The molecule has 1 aliphatic heterocycles. The molecule has 3 nitrogen and oxygen atoms in total. The van der Waals surface area contributed by atoms with Gasteiger partial charge in [-0.1, -0.05) is 24.6 Å². The molecule has 1 fully saturated rings. The maximum absolute atomic E-state index is 4.74. The van der Waals surface area contributed by atoms with E-state index < -0.39 is 0 Å². The molecule has 1 saturated heterocycles. The second-order valence-corrected chi connectivity index (χ2v) is 7.14. The lowest BCUT2D eigenvalue weighted by molar-refractivity contribution is -0.00000426. The molecule has 2 aromatic heterocycles. The van der Waals surface area contributed by atoms with Crippen LogP contribution in [-0.2, 0) is 6.54 Å². The fourth-order valence-corrected chi connectivity index (χ4v) is 4.41. The Bertz CT molecular complexity index is 771. The number of fused-ring (bicyclic) bond motifs is 3. The summed E-state index contributed by atoms with van der Waals surface area (Å²) in [5, 5.41) is 2.47. The van der Waals surface area contributed by atoms with Crippen molar-refractivity contribution in [3.63, 3.8) is 0 Å². The Kier molecular flexibility index (Phi) is 4.71. The van der Waals surface area contributed by atoms with Crippen LogP contribution in [0, 0.1) is 6.92 Å². The van der Waals surface area contributed by atoms with Gasteiger partial charge in [-0.25, -0.2) is 4.98 Å². The first-order valence-corrected chi connectivity index (χ1v) is 8.71. The Hall–Kier alpha value is -1.10. The minimum absolute atomic E-state index is 0. The highest BCUT2D eigenvalue weighted by Gasteiger charge is 2.16. The first-order valence-electron chi connectivity index (χ1n) is 7.89. The van der Waals surface area contributed by atoms with Crippen molar-refractivity contribution in [3.8, 4) is 0 Å². The van der Waals surface area contributed by atoms with Crippen molar-refractivity contribution in [2.45, 2.75) is 32.7 Å². The van der Waals surface area contributed by atoms with E-state index >= 15 is 0 Å². The Morgan fingerprint density at radius 2 is 1.86 bits per heavy atom. The molecule has 4 rings (SSSR count). The summed E-state index contributed by atoms with van der Waals surface area (Å²) in [5.41, 5.74) is 2.52. The third-order valence-electron chi connectivity index (χ3n) is 4.50. The molecule has 0 spiro atoms. The van der Waals surface area contributed by atoms with E-state index in [9.17, 15) is 0 Å².